The minimum absolute atomic E-state index is 0.416. The number of carbonyl (C=O) groups is 1. The Morgan fingerprint density at radius 1 is 0.871 bits per heavy atom. The lowest BCUT2D eigenvalue weighted by Gasteiger charge is -2.11. The van der Waals surface area contributed by atoms with Crippen molar-refractivity contribution in [3.8, 4) is 11.1 Å². The summed E-state index contributed by atoms with van der Waals surface area (Å²) in [6, 6.07) is 28.3. The van der Waals surface area contributed by atoms with E-state index in [4.69, 9.17) is 17.3 Å². The number of nitrogens with two attached hydrogens (primary N) is 1. The van der Waals surface area contributed by atoms with Gasteiger partial charge in [-0.25, -0.2) is 0 Å². The lowest BCUT2D eigenvalue weighted by molar-refractivity contribution is 0.100. The number of primary amides is 1. The quantitative estimate of drug-likeness (QED) is 0.251. The molecule has 2 N–H and O–H groups in total. The molecule has 0 atom stereocenters. The predicted molar refractivity (Wildman–Crippen MR) is 137 cm³/mol. The van der Waals surface area contributed by atoms with Crippen LogP contribution in [-0.4, -0.2) is 10.5 Å². The molecule has 5 aromatic rings. The van der Waals surface area contributed by atoms with E-state index in [9.17, 15) is 4.79 Å². The van der Waals surface area contributed by atoms with Gasteiger partial charge in [0.15, 0.2) is 0 Å². The molecule has 1 heterocycles. The summed E-state index contributed by atoms with van der Waals surface area (Å²) in [5.41, 5.74) is 11.7. The van der Waals surface area contributed by atoms with Gasteiger partial charge >= 0.3 is 0 Å². The first-order chi connectivity index (χ1) is 15.0. The van der Waals surface area contributed by atoms with Gasteiger partial charge in [0.25, 0.3) is 0 Å². The summed E-state index contributed by atoms with van der Waals surface area (Å²) in [6.07, 6.45) is 0. The summed E-state index contributed by atoms with van der Waals surface area (Å²) in [5, 5.41) is 2.63. The van der Waals surface area contributed by atoms with Crippen molar-refractivity contribution in [1.82, 2.24) is 4.57 Å². The zero-order valence-corrected chi connectivity index (χ0v) is 19.4. The molecular formula is C26H18ClIN2O. The highest BCUT2D eigenvalue weighted by atomic mass is 127. The Labute approximate surface area is 198 Å². The molecule has 0 saturated carbocycles. The first-order valence-electron chi connectivity index (χ1n) is 9.87. The number of halogens is 2. The molecule has 5 heteroatoms. The van der Waals surface area contributed by atoms with E-state index in [1.54, 1.807) is 6.07 Å². The monoisotopic (exact) mass is 536 g/mol. The fraction of sp³-hybridized carbons (Fsp3) is 0.0385. The van der Waals surface area contributed by atoms with E-state index in [-0.39, 0.29) is 0 Å². The van der Waals surface area contributed by atoms with Crippen LogP contribution in [-0.2, 0) is 6.54 Å². The molecule has 4 aromatic carbocycles. The van der Waals surface area contributed by atoms with Crippen molar-refractivity contribution in [2.24, 2.45) is 5.73 Å². The second-order valence-corrected chi connectivity index (χ2v) is 9.08. The molecule has 0 bridgehead atoms. The third-order valence-electron chi connectivity index (χ3n) is 5.62. The van der Waals surface area contributed by atoms with Crippen LogP contribution in [0.25, 0.3) is 32.9 Å². The number of amides is 1. The Kier molecular flexibility index (Phi) is 5.20. The lowest BCUT2D eigenvalue weighted by atomic mass is 10.0. The van der Waals surface area contributed by atoms with E-state index in [1.165, 1.54) is 9.13 Å². The number of aromatic nitrogens is 1. The topological polar surface area (TPSA) is 48.0 Å². The first kappa shape index (κ1) is 20.1. The van der Waals surface area contributed by atoms with Crippen LogP contribution in [0.2, 0.25) is 5.02 Å². The van der Waals surface area contributed by atoms with Gasteiger partial charge in [0, 0.05) is 31.5 Å². The molecular weight excluding hydrogens is 519 g/mol. The predicted octanol–water partition coefficient (Wildman–Crippen LogP) is 6.87. The van der Waals surface area contributed by atoms with Gasteiger partial charge in [-0.15, -0.1) is 0 Å². The fourth-order valence-electron chi connectivity index (χ4n) is 4.14. The molecule has 1 aromatic heterocycles. The van der Waals surface area contributed by atoms with Crippen molar-refractivity contribution in [3.05, 3.63) is 105 Å². The average molecular weight is 537 g/mol. The van der Waals surface area contributed by atoms with Crippen molar-refractivity contribution >= 4 is 61.9 Å². The van der Waals surface area contributed by atoms with E-state index in [1.807, 2.05) is 36.4 Å². The zero-order valence-electron chi connectivity index (χ0n) is 16.5. The van der Waals surface area contributed by atoms with Crippen LogP contribution < -0.4 is 5.73 Å². The van der Waals surface area contributed by atoms with Crippen LogP contribution in [0.15, 0.2) is 84.9 Å². The number of hydrogen-bond donors (Lipinski definition) is 1. The number of fused-ring (bicyclic) bond motifs is 3. The Morgan fingerprint density at radius 2 is 1.61 bits per heavy atom. The van der Waals surface area contributed by atoms with Crippen LogP contribution in [0.1, 0.15) is 15.9 Å². The third kappa shape index (κ3) is 3.60. The molecule has 152 valence electrons. The van der Waals surface area contributed by atoms with Gasteiger partial charge < -0.3 is 10.3 Å². The van der Waals surface area contributed by atoms with Gasteiger partial charge in [0.1, 0.15) is 0 Å². The summed E-state index contributed by atoms with van der Waals surface area (Å²) in [7, 11) is 0. The molecule has 0 aliphatic rings. The first-order valence-corrected chi connectivity index (χ1v) is 11.3. The minimum Gasteiger partial charge on any atom is -0.366 e. The molecule has 5 rings (SSSR count). The van der Waals surface area contributed by atoms with Gasteiger partial charge in [0.05, 0.1) is 11.0 Å². The molecule has 0 spiro atoms. The molecule has 0 fully saturated rings. The zero-order chi connectivity index (χ0) is 21.5. The standard InChI is InChI=1S/C26H18ClIN2O/c27-19-11-8-16(9-12-19)17-10-13-20-24(14-17)30(15-18-4-1-2-6-22(18)28)23-7-3-5-21(25(20)23)26(29)31/h1-14H,15H2,(H2,29,31). The van der Waals surface area contributed by atoms with Gasteiger partial charge in [-0.3, -0.25) is 4.79 Å². The summed E-state index contributed by atoms with van der Waals surface area (Å²) >= 11 is 8.45. The van der Waals surface area contributed by atoms with E-state index in [2.05, 4.69) is 69.6 Å². The molecule has 3 nitrogen and oxygen atoms in total. The van der Waals surface area contributed by atoms with Crippen molar-refractivity contribution in [1.29, 1.82) is 0 Å². The van der Waals surface area contributed by atoms with E-state index >= 15 is 0 Å². The number of benzene rings is 4. The fourth-order valence-corrected chi connectivity index (χ4v) is 4.82. The molecule has 0 unspecified atom stereocenters. The summed E-state index contributed by atoms with van der Waals surface area (Å²) in [4.78, 5) is 12.2. The summed E-state index contributed by atoms with van der Waals surface area (Å²) in [6.45, 7) is 0.700. The van der Waals surface area contributed by atoms with Gasteiger partial charge in [0.2, 0.25) is 5.91 Å². The van der Waals surface area contributed by atoms with Gasteiger partial charge in [-0.1, -0.05) is 60.1 Å². The van der Waals surface area contributed by atoms with Crippen molar-refractivity contribution in [3.63, 3.8) is 0 Å². The minimum atomic E-state index is -0.416. The van der Waals surface area contributed by atoms with E-state index < -0.39 is 5.91 Å². The Balaban J connectivity index is 1.81. The SMILES string of the molecule is NC(=O)c1cccc2c1c1ccc(-c3ccc(Cl)cc3)cc1n2Cc1ccccc1I. The highest BCUT2D eigenvalue weighted by Crippen LogP contribution is 2.35. The van der Waals surface area contributed by atoms with Crippen LogP contribution in [0.4, 0.5) is 0 Å². The van der Waals surface area contributed by atoms with E-state index in [0.717, 1.165) is 32.9 Å². The highest BCUT2D eigenvalue weighted by Gasteiger charge is 2.17. The maximum Gasteiger partial charge on any atom is 0.249 e. The molecule has 0 aliphatic heterocycles. The smallest absolute Gasteiger partial charge is 0.249 e. The number of nitrogens with zero attached hydrogens (tertiary/aromatic N) is 1. The average Bonchev–Trinajstić information content (AvgIpc) is 3.09. The largest absolute Gasteiger partial charge is 0.366 e. The molecule has 0 radical (unpaired) electrons. The third-order valence-corrected chi connectivity index (χ3v) is 6.92. The maximum atomic E-state index is 12.2. The Morgan fingerprint density at radius 3 is 2.35 bits per heavy atom. The van der Waals surface area contributed by atoms with Crippen LogP contribution >= 0.6 is 34.2 Å². The summed E-state index contributed by atoms with van der Waals surface area (Å²) < 4.78 is 3.48. The highest BCUT2D eigenvalue weighted by molar-refractivity contribution is 14.1. The van der Waals surface area contributed by atoms with Crippen LogP contribution in [0, 0.1) is 3.57 Å². The number of hydrogen-bond acceptors (Lipinski definition) is 1. The van der Waals surface area contributed by atoms with Crippen molar-refractivity contribution < 1.29 is 4.79 Å². The van der Waals surface area contributed by atoms with Gasteiger partial charge in [-0.05, 0) is 75.7 Å². The van der Waals surface area contributed by atoms with Crippen molar-refractivity contribution in [2.75, 3.05) is 0 Å². The molecule has 31 heavy (non-hydrogen) atoms. The van der Waals surface area contributed by atoms with E-state index in [0.29, 0.717) is 17.1 Å². The van der Waals surface area contributed by atoms with Crippen molar-refractivity contribution in [2.45, 2.75) is 6.54 Å². The lowest BCUT2D eigenvalue weighted by Crippen LogP contribution is -2.11. The summed E-state index contributed by atoms with van der Waals surface area (Å²) in [5.74, 6) is -0.416. The Hall–Kier alpha value is -2.83. The number of carbonyl (C=O) groups excluding carboxylic acids is 1. The Bertz CT molecular complexity index is 1450. The van der Waals surface area contributed by atoms with Crippen LogP contribution in [0.3, 0.4) is 0 Å². The number of rotatable bonds is 4. The maximum absolute atomic E-state index is 12.2. The normalized spacial score (nSPS) is 11.3. The second-order valence-electron chi connectivity index (χ2n) is 7.48. The molecule has 1 amide bonds. The van der Waals surface area contributed by atoms with Gasteiger partial charge in [-0.2, -0.15) is 0 Å². The van der Waals surface area contributed by atoms with Crippen LogP contribution in [0.5, 0.6) is 0 Å². The molecule has 0 aliphatic carbocycles. The second kappa shape index (κ2) is 8.02. The molecule has 0 saturated heterocycles.